The Morgan fingerprint density at radius 3 is 2.90 bits per heavy atom. The van der Waals surface area contributed by atoms with Gasteiger partial charge in [0, 0.05) is 25.2 Å². The van der Waals surface area contributed by atoms with Crippen LogP contribution in [0.15, 0.2) is 18.3 Å². The van der Waals surface area contributed by atoms with Gasteiger partial charge < -0.3 is 20.3 Å². The van der Waals surface area contributed by atoms with Crippen molar-refractivity contribution in [3.63, 3.8) is 0 Å². The van der Waals surface area contributed by atoms with Crippen molar-refractivity contribution >= 4 is 11.5 Å². The summed E-state index contributed by atoms with van der Waals surface area (Å²) in [5, 5.41) is 14.2. The molecule has 2 unspecified atom stereocenters. The van der Waals surface area contributed by atoms with E-state index in [4.69, 9.17) is 0 Å². The second-order valence-electron chi connectivity index (χ2n) is 5.68. The first kappa shape index (κ1) is 13.3. The number of nitrogens with zero attached hydrogens (tertiary/aromatic N) is 3. The Kier molecular flexibility index (Phi) is 3.82. The van der Waals surface area contributed by atoms with Gasteiger partial charge in [0.1, 0.15) is 0 Å². The fourth-order valence-electron chi connectivity index (χ4n) is 3.36. The normalized spacial score (nSPS) is 26.7. The Morgan fingerprint density at radius 1 is 1.35 bits per heavy atom. The summed E-state index contributed by atoms with van der Waals surface area (Å²) in [5.74, 6) is 0.598. The molecule has 0 amide bonds. The minimum Gasteiger partial charge on any atom is -0.368 e. The number of nitrogens with one attached hydrogen (secondary N) is 1. The van der Waals surface area contributed by atoms with E-state index in [0.29, 0.717) is 12.0 Å². The van der Waals surface area contributed by atoms with Crippen LogP contribution in [0.2, 0.25) is 0 Å². The van der Waals surface area contributed by atoms with Gasteiger partial charge in [-0.15, -0.1) is 0 Å². The van der Waals surface area contributed by atoms with Gasteiger partial charge in [-0.25, -0.2) is 0 Å². The second kappa shape index (κ2) is 5.75. The highest BCUT2D eigenvalue weighted by atomic mass is 16.6. The zero-order valence-electron chi connectivity index (χ0n) is 11.5. The Morgan fingerprint density at radius 2 is 2.25 bits per heavy atom. The first-order valence-corrected chi connectivity index (χ1v) is 7.33. The summed E-state index contributed by atoms with van der Waals surface area (Å²) in [6.07, 6.45) is 6.63. The molecule has 2 saturated heterocycles. The smallest absolute Gasteiger partial charge is 0.363 e. The van der Waals surface area contributed by atoms with Crippen LogP contribution in [-0.2, 0) is 0 Å². The molecule has 2 atom stereocenters. The van der Waals surface area contributed by atoms with E-state index in [1.54, 1.807) is 6.20 Å². The Hall–Kier alpha value is -1.69. The van der Waals surface area contributed by atoms with Crippen molar-refractivity contribution < 1.29 is 4.92 Å². The van der Waals surface area contributed by atoms with Crippen molar-refractivity contribution in [3.05, 3.63) is 28.4 Å². The summed E-state index contributed by atoms with van der Waals surface area (Å²) in [4.78, 5) is 16.4. The van der Waals surface area contributed by atoms with Crippen LogP contribution in [0.5, 0.6) is 0 Å². The molecule has 108 valence electrons. The molecular formula is C14H20N4O2. The molecule has 0 bridgehead atoms. The lowest BCUT2D eigenvalue weighted by atomic mass is 9.89. The minimum atomic E-state index is -0.453. The number of piperidine rings is 1. The van der Waals surface area contributed by atoms with Crippen molar-refractivity contribution in [2.24, 2.45) is 5.92 Å². The number of anilines is 1. The standard InChI is InChI=1S/C14H20N4O2/c19-18(20)14-6-5-12(9-16-14)17-8-2-3-11(10-17)13-4-1-7-15-13/h5-6,9,11,13,15H,1-4,7-8,10H2. The SMILES string of the molecule is O=[N+]([O-])c1ccc(N2CCCC(C3CCCN3)C2)cn1. The van der Waals surface area contributed by atoms with Gasteiger partial charge >= 0.3 is 5.82 Å². The van der Waals surface area contributed by atoms with Crippen LogP contribution in [0.4, 0.5) is 11.5 Å². The van der Waals surface area contributed by atoms with E-state index in [1.807, 2.05) is 6.07 Å². The third-order valence-corrected chi connectivity index (χ3v) is 4.41. The largest absolute Gasteiger partial charge is 0.368 e. The molecule has 0 aromatic carbocycles. The highest BCUT2D eigenvalue weighted by Crippen LogP contribution is 2.28. The molecule has 0 saturated carbocycles. The van der Waals surface area contributed by atoms with Gasteiger partial charge in [0.25, 0.3) is 0 Å². The summed E-state index contributed by atoms with van der Waals surface area (Å²) in [6, 6.07) is 3.95. The molecule has 6 nitrogen and oxygen atoms in total. The fraction of sp³-hybridized carbons (Fsp3) is 0.643. The summed E-state index contributed by atoms with van der Waals surface area (Å²) >= 11 is 0. The van der Waals surface area contributed by atoms with Crippen molar-refractivity contribution in [3.8, 4) is 0 Å². The predicted molar refractivity (Wildman–Crippen MR) is 76.9 cm³/mol. The number of hydrogen-bond acceptors (Lipinski definition) is 5. The summed E-state index contributed by atoms with van der Waals surface area (Å²) < 4.78 is 0. The molecule has 20 heavy (non-hydrogen) atoms. The summed E-state index contributed by atoms with van der Waals surface area (Å²) in [6.45, 7) is 3.18. The third-order valence-electron chi connectivity index (χ3n) is 4.41. The van der Waals surface area contributed by atoms with Gasteiger partial charge in [0.2, 0.25) is 0 Å². The van der Waals surface area contributed by atoms with Gasteiger partial charge in [-0.05, 0) is 54.1 Å². The molecule has 3 rings (SSSR count). The Bertz CT molecular complexity index is 471. The predicted octanol–water partition coefficient (Wildman–Crippen LogP) is 1.96. The van der Waals surface area contributed by atoms with Crippen LogP contribution < -0.4 is 10.2 Å². The molecule has 0 spiro atoms. The van der Waals surface area contributed by atoms with Gasteiger partial charge in [0.05, 0.1) is 5.69 Å². The van der Waals surface area contributed by atoms with Crippen LogP contribution in [0.3, 0.4) is 0 Å². The molecule has 6 heteroatoms. The molecule has 0 radical (unpaired) electrons. The number of nitro groups is 1. The number of rotatable bonds is 3. The zero-order chi connectivity index (χ0) is 13.9. The maximum Gasteiger partial charge on any atom is 0.363 e. The maximum atomic E-state index is 10.6. The van der Waals surface area contributed by atoms with Crippen molar-refractivity contribution in [2.75, 3.05) is 24.5 Å². The summed E-state index contributed by atoms with van der Waals surface area (Å²) in [7, 11) is 0. The van der Waals surface area contributed by atoms with Crippen molar-refractivity contribution in [1.82, 2.24) is 10.3 Å². The van der Waals surface area contributed by atoms with Crippen LogP contribution in [0.1, 0.15) is 25.7 Å². The fourth-order valence-corrected chi connectivity index (χ4v) is 3.36. The molecule has 1 N–H and O–H groups in total. The minimum absolute atomic E-state index is 0.0835. The van der Waals surface area contributed by atoms with Crippen LogP contribution >= 0.6 is 0 Å². The van der Waals surface area contributed by atoms with E-state index in [1.165, 1.54) is 31.7 Å². The zero-order valence-corrected chi connectivity index (χ0v) is 11.5. The van der Waals surface area contributed by atoms with E-state index < -0.39 is 4.92 Å². The third kappa shape index (κ3) is 2.75. The quantitative estimate of drug-likeness (QED) is 0.675. The van der Waals surface area contributed by atoms with E-state index in [-0.39, 0.29) is 5.82 Å². The second-order valence-corrected chi connectivity index (χ2v) is 5.68. The first-order chi connectivity index (χ1) is 9.74. The van der Waals surface area contributed by atoms with Crippen LogP contribution in [0, 0.1) is 16.0 Å². The molecule has 1 aromatic heterocycles. The van der Waals surface area contributed by atoms with E-state index in [2.05, 4.69) is 15.2 Å². The molecule has 0 aliphatic carbocycles. The van der Waals surface area contributed by atoms with E-state index in [0.717, 1.165) is 25.3 Å². The topological polar surface area (TPSA) is 71.3 Å². The highest BCUT2D eigenvalue weighted by Gasteiger charge is 2.29. The molecule has 2 aliphatic heterocycles. The average molecular weight is 276 g/mol. The van der Waals surface area contributed by atoms with Gasteiger partial charge in [-0.2, -0.15) is 0 Å². The molecular weight excluding hydrogens is 256 g/mol. The first-order valence-electron chi connectivity index (χ1n) is 7.33. The van der Waals surface area contributed by atoms with Crippen LogP contribution in [0.25, 0.3) is 0 Å². The van der Waals surface area contributed by atoms with Gasteiger partial charge in [0.15, 0.2) is 6.20 Å². The lowest BCUT2D eigenvalue weighted by Gasteiger charge is -2.36. The van der Waals surface area contributed by atoms with Crippen molar-refractivity contribution in [2.45, 2.75) is 31.7 Å². The van der Waals surface area contributed by atoms with E-state index in [9.17, 15) is 10.1 Å². The van der Waals surface area contributed by atoms with Crippen molar-refractivity contribution in [1.29, 1.82) is 0 Å². The molecule has 2 aliphatic rings. The molecule has 1 aromatic rings. The van der Waals surface area contributed by atoms with E-state index >= 15 is 0 Å². The molecule has 2 fully saturated rings. The highest BCUT2D eigenvalue weighted by molar-refractivity contribution is 5.47. The number of hydrogen-bond donors (Lipinski definition) is 1. The average Bonchev–Trinajstić information content (AvgIpc) is 3.02. The number of aromatic nitrogens is 1. The molecule has 3 heterocycles. The summed E-state index contributed by atoms with van der Waals surface area (Å²) in [5.41, 5.74) is 0.998. The lowest BCUT2D eigenvalue weighted by Crippen LogP contribution is -2.43. The van der Waals surface area contributed by atoms with Gasteiger partial charge in [-0.3, -0.25) is 0 Å². The van der Waals surface area contributed by atoms with Gasteiger partial charge in [-0.1, -0.05) is 0 Å². The monoisotopic (exact) mass is 276 g/mol. The maximum absolute atomic E-state index is 10.6. The number of pyridine rings is 1. The van der Waals surface area contributed by atoms with Crippen LogP contribution in [-0.4, -0.2) is 35.6 Å². The Labute approximate surface area is 118 Å². The lowest BCUT2D eigenvalue weighted by molar-refractivity contribution is -0.389. The Balaban J connectivity index is 1.68.